The van der Waals surface area contributed by atoms with Crippen LogP contribution >= 0.6 is 0 Å². The number of hydrogen-bond donors (Lipinski definition) is 0. The maximum atomic E-state index is 12.9. The number of carbonyl (C=O) groups excluding carboxylic acids is 1. The third-order valence-electron chi connectivity index (χ3n) is 7.12. The zero-order chi connectivity index (χ0) is 13.8. The number of nitrogens with zero attached hydrogens (tertiary/aromatic N) is 1. The standard InChI is InChI=1S/C17H29NO/c1-16(2)14-8-9-17(16,3)15(19)13(14)11-12-7-5-6-10-18(12)4/h12-14H,5-11H2,1-4H3/t12?,13?,14-,17+/m0/s1. The molecule has 3 rings (SSSR count). The molecule has 2 unspecified atom stereocenters. The fraction of sp³-hybridized carbons (Fsp3) is 0.941. The summed E-state index contributed by atoms with van der Waals surface area (Å²) in [6, 6.07) is 0.654. The molecule has 0 aromatic heterocycles. The molecule has 0 amide bonds. The van der Waals surface area contributed by atoms with Crippen molar-refractivity contribution in [2.45, 2.75) is 65.3 Å². The summed E-state index contributed by atoms with van der Waals surface area (Å²) in [6.45, 7) is 8.14. The Kier molecular flexibility index (Phi) is 3.09. The molecule has 2 bridgehead atoms. The number of Topliss-reactive ketones (excluding diaryl/α,β-unsaturated/α-hetero) is 1. The predicted octanol–water partition coefficient (Wildman–Crippen LogP) is 3.50. The molecular weight excluding hydrogens is 234 g/mol. The highest BCUT2D eigenvalue weighted by atomic mass is 16.1. The van der Waals surface area contributed by atoms with Crippen LogP contribution in [0.5, 0.6) is 0 Å². The second-order valence-electron chi connectivity index (χ2n) is 8.04. The molecule has 2 aliphatic carbocycles. The van der Waals surface area contributed by atoms with Crippen LogP contribution < -0.4 is 0 Å². The molecule has 0 aromatic carbocycles. The lowest BCUT2D eigenvalue weighted by Gasteiger charge is -2.36. The Morgan fingerprint density at radius 2 is 1.95 bits per heavy atom. The summed E-state index contributed by atoms with van der Waals surface area (Å²) in [5, 5.41) is 0. The van der Waals surface area contributed by atoms with Gasteiger partial charge in [0.25, 0.3) is 0 Å². The summed E-state index contributed by atoms with van der Waals surface area (Å²) < 4.78 is 0. The van der Waals surface area contributed by atoms with Crippen LogP contribution in [0.15, 0.2) is 0 Å². The van der Waals surface area contributed by atoms with E-state index in [0.29, 0.717) is 23.7 Å². The molecule has 3 fully saturated rings. The van der Waals surface area contributed by atoms with Crippen molar-refractivity contribution in [3.63, 3.8) is 0 Å². The second-order valence-corrected chi connectivity index (χ2v) is 8.04. The normalized spacial score (nSPS) is 45.9. The van der Waals surface area contributed by atoms with Crippen molar-refractivity contribution in [3.8, 4) is 0 Å². The van der Waals surface area contributed by atoms with E-state index in [1.54, 1.807) is 0 Å². The zero-order valence-electron chi connectivity index (χ0n) is 13.0. The summed E-state index contributed by atoms with van der Waals surface area (Å²) in [4.78, 5) is 15.4. The smallest absolute Gasteiger partial charge is 0.142 e. The van der Waals surface area contributed by atoms with Gasteiger partial charge in [0.2, 0.25) is 0 Å². The van der Waals surface area contributed by atoms with Crippen LogP contribution in [-0.4, -0.2) is 30.3 Å². The molecule has 1 heterocycles. The number of carbonyl (C=O) groups is 1. The largest absolute Gasteiger partial charge is 0.303 e. The van der Waals surface area contributed by atoms with Gasteiger partial charge in [-0.25, -0.2) is 0 Å². The maximum absolute atomic E-state index is 12.9. The van der Waals surface area contributed by atoms with E-state index in [9.17, 15) is 4.79 Å². The van der Waals surface area contributed by atoms with Gasteiger partial charge in [0.05, 0.1) is 0 Å². The van der Waals surface area contributed by atoms with Gasteiger partial charge in [-0.2, -0.15) is 0 Å². The molecular formula is C17H29NO. The van der Waals surface area contributed by atoms with Crippen LogP contribution in [0.25, 0.3) is 0 Å². The Balaban J connectivity index is 1.78. The van der Waals surface area contributed by atoms with Gasteiger partial charge in [0, 0.05) is 17.4 Å². The van der Waals surface area contributed by atoms with Gasteiger partial charge in [-0.1, -0.05) is 27.2 Å². The van der Waals surface area contributed by atoms with E-state index in [1.807, 2.05) is 0 Å². The van der Waals surface area contributed by atoms with E-state index in [2.05, 4.69) is 32.7 Å². The van der Waals surface area contributed by atoms with Crippen molar-refractivity contribution >= 4 is 5.78 Å². The van der Waals surface area contributed by atoms with E-state index in [1.165, 1.54) is 32.2 Å². The maximum Gasteiger partial charge on any atom is 0.142 e. The van der Waals surface area contributed by atoms with Gasteiger partial charge >= 0.3 is 0 Å². The molecule has 4 atom stereocenters. The van der Waals surface area contributed by atoms with Crippen LogP contribution in [0.3, 0.4) is 0 Å². The molecule has 1 saturated heterocycles. The van der Waals surface area contributed by atoms with Crippen molar-refractivity contribution in [1.82, 2.24) is 4.90 Å². The first kappa shape index (κ1) is 13.6. The molecule has 0 spiro atoms. The lowest BCUT2D eigenvalue weighted by atomic mass is 9.70. The molecule has 0 N–H and O–H groups in total. The van der Waals surface area contributed by atoms with Gasteiger partial charge in [-0.3, -0.25) is 4.79 Å². The van der Waals surface area contributed by atoms with Crippen molar-refractivity contribution in [1.29, 1.82) is 0 Å². The summed E-state index contributed by atoms with van der Waals surface area (Å²) >= 11 is 0. The number of rotatable bonds is 2. The van der Waals surface area contributed by atoms with Gasteiger partial charge in [0.1, 0.15) is 5.78 Å². The molecule has 0 radical (unpaired) electrons. The van der Waals surface area contributed by atoms with Crippen LogP contribution in [0.1, 0.15) is 59.3 Å². The fourth-order valence-electron chi connectivity index (χ4n) is 5.28. The number of fused-ring (bicyclic) bond motifs is 2. The lowest BCUT2D eigenvalue weighted by molar-refractivity contribution is -0.132. The zero-order valence-corrected chi connectivity index (χ0v) is 13.0. The van der Waals surface area contributed by atoms with Gasteiger partial charge in [0.15, 0.2) is 0 Å². The van der Waals surface area contributed by atoms with E-state index in [-0.39, 0.29) is 10.8 Å². The molecule has 2 nitrogen and oxygen atoms in total. The van der Waals surface area contributed by atoms with Gasteiger partial charge in [-0.05, 0) is 57.0 Å². The van der Waals surface area contributed by atoms with Crippen molar-refractivity contribution in [3.05, 3.63) is 0 Å². The van der Waals surface area contributed by atoms with Gasteiger partial charge in [-0.15, -0.1) is 0 Å². The number of hydrogen-bond acceptors (Lipinski definition) is 2. The van der Waals surface area contributed by atoms with Crippen molar-refractivity contribution in [2.75, 3.05) is 13.6 Å². The lowest BCUT2D eigenvalue weighted by Crippen LogP contribution is -2.40. The van der Waals surface area contributed by atoms with E-state index < -0.39 is 0 Å². The number of likely N-dealkylation sites (tertiary alicyclic amines) is 1. The molecule has 108 valence electrons. The molecule has 2 saturated carbocycles. The molecule has 19 heavy (non-hydrogen) atoms. The minimum Gasteiger partial charge on any atom is -0.303 e. The molecule has 3 aliphatic rings. The van der Waals surface area contributed by atoms with E-state index in [0.717, 1.165) is 12.8 Å². The van der Waals surface area contributed by atoms with Crippen LogP contribution in [0.2, 0.25) is 0 Å². The Labute approximate surface area is 117 Å². The summed E-state index contributed by atoms with van der Waals surface area (Å²) in [5.74, 6) is 1.58. The number of piperidine rings is 1. The number of ketones is 1. The van der Waals surface area contributed by atoms with Crippen LogP contribution in [-0.2, 0) is 4.79 Å². The highest BCUT2D eigenvalue weighted by molar-refractivity contribution is 5.91. The first-order valence-corrected chi connectivity index (χ1v) is 8.12. The fourth-order valence-corrected chi connectivity index (χ4v) is 5.28. The van der Waals surface area contributed by atoms with E-state index >= 15 is 0 Å². The third kappa shape index (κ3) is 1.75. The highest BCUT2D eigenvalue weighted by Gasteiger charge is 2.65. The topological polar surface area (TPSA) is 20.3 Å². The average molecular weight is 263 g/mol. The molecule has 2 heteroatoms. The van der Waals surface area contributed by atoms with Crippen LogP contribution in [0.4, 0.5) is 0 Å². The minimum atomic E-state index is -0.0322. The average Bonchev–Trinajstić information content (AvgIpc) is 2.66. The Morgan fingerprint density at radius 3 is 2.53 bits per heavy atom. The van der Waals surface area contributed by atoms with Crippen LogP contribution in [0, 0.1) is 22.7 Å². The predicted molar refractivity (Wildman–Crippen MR) is 78.0 cm³/mol. The van der Waals surface area contributed by atoms with E-state index in [4.69, 9.17) is 0 Å². The Hall–Kier alpha value is -0.370. The SMILES string of the molecule is CN1CCCCC1CC1C(=O)[C@@]2(C)CC[C@@H]1C2(C)C. The van der Waals surface area contributed by atoms with Gasteiger partial charge < -0.3 is 4.90 Å². The first-order valence-electron chi connectivity index (χ1n) is 8.12. The molecule has 0 aromatic rings. The third-order valence-corrected chi connectivity index (χ3v) is 7.12. The summed E-state index contributed by atoms with van der Waals surface area (Å²) in [6.07, 6.45) is 7.50. The molecule has 1 aliphatic heterocycles. The second kappa shape index (κ2) is 4.31. The van der Waals surface area contributed by atoms with Crippen molar-refractivity contribution < 1.29 is 4.79 Å². The Morgan fingerprint density at radius 1 is 1.21 bits per heavy atom. The van der Waals surface area contributed by atoms with Crippen molar-refractivity contribution in [2.24, 2.45) is 22.7 Å². The summed E-state index contributed by atoms with van der Waals surface area (Å²) in [5.41, 5.74) is 0.192. The summed E-state index contributed by atoms with van der Waals surface area (Å²) in [7, 11) is 2.24. The first-order chi connectivity index (χ1) is 8.88. The monoisotopic (exact) mass is 263 g/mol. The Bertz CT molecular complexity index is 389. The highest BCUT2D eigenvalue weighted by Crippen LogP contribution is 2.66. The minimum absolute atomic E-state index is 0.0322. The quantitative estimate of drug-likeness (QED) is 0.760.